The first-order valence-corrected chi connectivity index (χ1v) is 10.5. The second-order valence-electron chi connectivity index (χ2n) is 7.05. The molecule has 26 heavy (non-hydrogen) atoms. The Hall–Kier alpha value is -2.06. The standard InChI is InChI=1S/C22H23NS.C2H6/c1-16-15-22(16,2)23-14-7-3-4-9-17-10-8-12-19-18-11-5-6-13-20(18)24-21(17)19;1-2/h3-8,10-14,16,23H,9,15H2,1-2H3;1-2H3/b4-3-,14-7-;. The second-order valence-corrected chi connectivity index (χ2v) is 8.10. The molecule has 1 fully saturated rings. The average Bonchev–Trinajstić information content (AvgIpc) is 3.10. The highest BCUT2D eigenvalue weighted by molar-refractivity contribution is 7.26. The molecule has 3 aromatic rings. The Morgan fingerprint density at radius 1 is 1.08 bits per heavy atom. The van der Waals surface area contributed by atoms with E-state index >= 15 is 0 Å². The molecule has 136 valence electrons. The topological polar surface area (TPSA) is 12.0 Å². The lowest BCUT2D eigenvalue weighted by molar-refractivity contribution is 0.586. The summed E-state index contributed by atoms with van der Waals surface area (Å²) in [5, 5.41) is 6.26. The number of nitrogens with one attached hydrogen (secondary N) is 1. The number of rotatable bonds is 5. The minimum Gasteiger partial charge on any atom is -0.385 e. The summed E-state index contributed by atoms with van der Waals surface area (Å²) in [5.41, 5.74) is 1.74. The van der Waals surface area contributed by atoms with Crippen molar-refractivity contribution in [2.24, 2.45) is 5.92 Å². The molecule has 2 heteroatoms. The van der Waals surface area contributed by atoms with Crippen LogP contribution in [0.5, 0.6) is 0 Å². The van der Waals surface area contributed by atoms with Gasteiger partial charge in [0, 0.05) is 25.7 Å². The Balaban J connectivity index is 0.000000948. The van der Waals surface area contributed by atoms with Crippen molar-refractivity contribution in [1.82, 2.24) is 5.32 Å². The molecule has 1 heterocycles. The summed E-state index contributed by atoms with van der Waals surface area (Å²) in [4.78, 5) is 0. The molecule has 0 bridgehead atoms. The van der Waals surface area contributed by atoms with E-state index < -0.39 is 0 Å². The Labute approximate surface area is 161 Å². The van der Waals surface area contributed by atoms with Crippen molar-refractivity contribution in [2.45, 2.75) is 46.1 Å². The van der Waals surface area contributed by atoms with Crippen LogP contribution in [0.3, 0.4) is 0 Å². The number of hydrogen-bond acceptors (Lipinski definition) is 2. The molecule has 4 rings (SSSR count). The first-order valence-electron chi connectivity index (χ1n) is 9.66. The minimum atomic E-state index is 0.326. The first-order chi connectivity index (χ1) is 12.7. The van der Waals surface area contributed by atoms with E-state index in [4.69, 9.17) is 0 Å². The fourth-order valence-corrected chi connectivity index (χ4v) is 4.54. The summed E-state index contributed by atoms with van der Waals surface area (Å²) in [6.45, 7) is 8.58. The minimum absolute atomic E-state index is 0.326. The van der Waals surface area contributed by atoms with Crippen molar-refractivity contribution in [3.63, 3.8) is 0 Å². The molecule has 0 saturated heterocycles. The van der Waals surface area contributed by atoms with Crippen LogP contribution in [0.4, 0.5) is 0 Å². The summed E-state index contributed by atoms with van der Waals surface area (Å²) in [6.07, 6.45) is 10.8. The van der Waals surface area contributed by atoms with Gasteiger partial charge in [0.25, 0.3) is 0 Å². The second kappa shape index (κ2) is 8.09. The molecule has 0 amide bonds. The van der Waals surface area contributed by atoms with E-state index in [9.17, 15) is 0 Å². The van der Waals surface area contributed by atoms with Gasteiger partial charge in [0.15, 0.2) is 0 Å². The van der Waals surface area contributed by atoms with Gasteiger partial charge in [-0.3, -0.25) is 0 Å². The largest absolute Gasteiger partial charge is 0.385 e. The van der Waals surface area contributed by atoms with Crippen molar-refractivity contribution in [2.75, 3.05) is 0 Å². The van der Waals surface area contributed by atoms with Crippen LogP contribution in [0, 0.1) is 5.92 Å². The molecule has 1 aliphatic carbocycles. The molecule has 2 aromatic carbocycles. The Bertz CT molecular complexity index is 934. The molecule has 2 unspecified atom stereocenters. The van der Waals surface area contributed by atoms with Gasteiger partial charge in [-0.25, -0.2) is 0 Å². The van der Waals surface area contributed by atoms with Gasteiger partial charge in [-0.2, -0.15) is 0 Å². The highest BCUT2D eigenvalue weighted by Gasteiger charge is 2.45. The van der Waals surface area contributed by atoms with Crippen LogP contribution in [0.25, 0.3) is 20.2 Å². The molecule has 0 aliphatic heterocycles. The number of fused-ring (bicyclic) bond motifs is 3. The zero-order chi connectivity index (χ0) is 18.6. The Morgan fingerprint density at radius 3 is 2.58 bits per heavy atom. The number of allylic oxidation sites excluding steroid dienone is 3. The molecule has 1 N–H and O–H groups in total. The molecule has 1 nitrogen and oxygen atoms in total. The Kier molecular flexibility index (Phi) is 5.83. The van der Waals surface area contributed by atoms with Crippen LogP contribution in [0.2, 0.25) is 0 Å². The summed E-state index contributed by atoms with van der Waals surface area (Å²) in [7, 11) is 0. The molecule has 1 saturated carbocycles. The van der Waals surface area contributed by atoms with E-state index in [1.54, 1.807) is 0 Å². The van der Waals surface area contributed by atoms with Crippen molar-refractivity contribution in [3.05, 3.63) is 72.5 Å². The molecule has 0 radical (unpaired) electrons. The molecule has 2 atom stereocenters. The monoisotopic (exact) mass is 363 g/mol. The maximum atomic E-state index is 3.50. The summed E-state index contributed by atoms with van der Waals surface area (Å²) < 4.78 is 2.80. The van der Waals surface area contributed by atoms with Gasteiger partial charge in [-0.1, -0.05) is 69.3 Å². The summed E-state index contributed by atoms with van der Waals surface area (Å²) in [6, 6.07) is 15.3. The molecular weight excluding hydrogens is 334 g/mol. The van der Waals surface area contributed by atoms with Gasteiger partial charge < -0.3 is 5.32 Å². The highest BCUT2D eigenvalue weighted by atomic mass is 32.1. The van der Waals surface area contributed by atoms with E-state index in [0.717, 1.165) is 12.3 Å². The van der Waals surface area contributed by atoms with Gasteiger partial charge in [0.2, 0.25) is 0 Å². The maximum Gasteiger partial charge on any atom is 0.0390 e. The predicted molar refractivity (Wildman–Crippen MR) is 118 cm³/mol. The fourth-order valence-electron chi connectivity index (χ4n) is 3.31. The number of benzene rings is 2. The third kappa shape index (κ3) is 3.86. The quantitative estimate of drug-likeness (QED) is 0.477. The lowest BCUT2D eigenvalue weighted by atomic mass is 10.1. The zero-order valence-electron chi connectivity index (χ0n) is 16.3. The third-order valence-corrected chi connectivity index (χ3v) is 6.50. The number of hydrogen-bond donors (Lipinski definition) is 1. The molecule has 1 aliphatic rings. The molecule has 1 aromatic heterocycles. The fraction of sp³-hybridized carbons (Fsp3) is 0.333. The molecular formula is C24H29NS. The van der Waals surface area contributed by atoms with Crippen LogP contribution in [-0.2, 0) is 6.42 Å². The summed E-state index contributed by atoms with van der Waals surface area (Å²) in [5.74, 6) is 0.789. The van der Waals surface area contributed by atoms with Gasteiger partial charge in [0.1, 0.15) is 0 Å². The SMILES string of the molecule is CC.CC1CC1(C)N/C=C\C=C/Cc1cccc2c1sc1ccccc12. The van der Waals surface area contributed by atoms with Crippen LogP contribution in [0.1, 0.15) is 39.7 Å². The van der Waals surface area contributed by atoms with Gasteiger partial charge in [-0.05, 0) is 49.6 Å². The van der Waals surface area contributed by atoms with Crippen molar-refractivity contribution in [3.8, 4) is 0 Å². The smallest absolute Gasteiger partial charge is 0.0390 e. The predicted octanol–water partition coefficient (Wildman–Crippen LogP) is 7.08. The van der Waals surface area contributed by atoms with Crippen molar-refractivity contribution < 1.29 is 0 Å². The van der Waals surface area contributed by atoms with Crippen molar-refractivity contribution in [1.29, 1.82) is 0 Å². The van der Waals surface area contributed by atoms with E-state index in [-0.39, 0.29) is 0 Å². The normalized spacial score (nSPS) is 22.1. The van der Waals surface area contributed by atoms with Crippen molar-refractivity contribution >= 4 is 31.5 Å². The summed E-state index contributed by atoms with van der Waals surface area (Å²) >= 11 is 1.90. The average molecular weight is 364 g/mol. The third-order valence-electron chi connectivity index (χ3n) is 5.24. The van der Waals surface area contributed by atoms with Crippen LogP contribution >= 0.6 is 11.3 Å². The number of thiophene rings is 1. The highest BCUT2D eigenvalue weighted by Crippen LogP contribution is 2.42. The lowest BCUT2D eigenvalue weighted by Crippen LogP contribution is -2.23. The van der Waals surface area contributed by atoms with Crippen LogP contribution < -0.4 is 5.32 Å². The van der Waals surface area contributed by atoms with Crippen LogP contribution in [0.15, 0.2) is 66.9 Å². The first kappa shape index (κ1) is 18.7. The van der Waals surface area contributed by atoms with E-state index in [1.165, 1.54) is 32.2 Å². The zero-order valence-corrected chi connectivity index (χ0v) is 17.1. The van der Waals surface area contributed by atoms with E-state index in [0.29, 0.717) is 5.54 Å². The van der Waals surface area contributed by atoms with Gasteiger partial charge >= 0.3 is 0 Å². The van der Waals surface area contributed by atoms with E-state index in [2.05, 4.69) is 86.1 Å². The maximum absolute atomic E-state index is 3.50. The molecule has 0 spiro atoms. The van der Waals surface area contributed by atoms with Gasteiger partial charge in [0.05, 0.1) is 0 Å². The van der Waals surface area contributed by atoms with Gasteiger partial charge in [-0.15, -0.1) is 11.3 Å². The van der Waals surface area contributed by atoms with Crippen LogP contribution in [-0.4, -0.2) is 5.54 Å². The van der Waals surface area contributed by atoms with E-state index in [1.807, 2.05) is 25.2 Å². The Morgan fingerprint density at radius 2 is 1.81 bits per heavy atom. The lowest BCUT2D eigenvalue weighted by Gasteiger charge is -2.08.